The Hall–Kier alpha value is -2.37. The molecule has 8 nitrogen and oxygen atoms in total. The predicted molar refractivity (Wildman–Crippen MR) is 129 cm³/mol. The highest BCUT2D eigenvalue weighted by atomic mass is 19.4. The minimum Gasteiger partial charge on any atom is -0.484 e. The molecule has 0 radical (unpaired) electrons. The van der Waals surface area contributed by atoms with Crippen molar-refractivity contribution in [2.75, 3.05) is 45.9 Å². The molecule has 3 aliphatic heterocycles. The van der Waals surface area contributed by atoms with E-state index in [0.29, 0.717) is 5.92 Å². The van der Waals surface area contributed by atoms with Gasteiger partial charge in [0.2, 0.25) is 0 Å². The number of likely N-dealkylation sites (tertiary alicyclic amines) is 2. The molecule has 0 aromatic heterocycles. The second-order valence-electron chi connectivity index (χ2n) is 10.5. The maximum atomic E-state index is 12.6. The third-order valence-corrected chi connectivity index (χ3v) is 7.55. The molecule has 0 bridgehead atoms. The standard InChI is InChI=1S/C24H36N2O4.C2HF3O2/c1-18-3-5-20(6-4-18)29-16-23(28)26-11-8-24(9-12-26)13-21(30-17-24)14-25-10-7-19(2)22(27)15-25;3-2(4,5)1(6)7/h3-6,19,21-22,27H,7-17H2,1-2H3;(H,6,7)/t19-,21?,22-;/m1./s1. The van der Waals surface area contributed by atoms with Crippen molar-refractivity contribution in [2.24, 2.45) is 11.3 Å². The van der Waals surface area contributed by atoms with Crippen LogP contribution in [0.1, 0.15) is 38.2 Å². The van der Waals surface area contributed by atoms with Crippen LogP contribution < -0.4 is 4.74 Å². The zero-order chi connectivity index (χ0) is 27.2. The lowest BCUT2D eigenvalue weighted by atomic mass is 9.76. The minimum atomic E-state index is -5.08. The van der Waals surface area contributed by atoms with E-state index in [1.54, 1.807) is 0 Å². The summed E-state index contributed by atoms with van der Waals surface area (Å²) in [7, 11) is 0. The van der Waals surface area contributed by atoms with Gasteiger partial charge in [-0.15, -0.1) is 0 Å². The zero-order valence-electron chi connectivity index (χ0n) is 21.4. The van der Waals surface area contributed by atoms with E-state index in [1.165, 1.54) is 5.56 Å². The number of aryl methyl sites for hydroxylation is 1. The number of aliphatic hydroxyl groups excluding tert-OH is 1. The van der Waals surface area contributed by atoms with E-state index in [4.69, 9.17) is 19.4 Å². The van der Waals surface area contributed by atoms with Gasteiger partial charge >= 0.3 is 12.1 Å². The lowest BCUT2D eigenvalue weighted by Crippen LogP contribution is -2.46. The van der Waals surface area contributed by atoms with Gasteiger partial charge in [0.25, 0.3) is 5.91 Å². The summed E-state index contributed by atoms with van der Waals surface area (Å²) in [4.78, 5) is 25.8. The van der Waals surface area contributed by atoms with Crippen molar-refractivity contribution in [1.29, 1.82) is 0 Å². The Bertz CT molecular complexity index is 903. The summed E-state index contributed by atoms with van der Waals surface area (Å²) in [5.41, 5.74) is 1.39. The number of benzene rings is 1. The molecule has 208 valence electrons. The summed E-state index contributed by atoms with van der Waals surface area (Å²) in [5.74, 6) is -1.55. The predicted octanol–water partition coefficient (Wildman–Crippen LogP) is 3.11. The van der Waals surface area contributed by atoms with Gasteiger partial charge in [-0.3, -0.25) is 9.69 Å². The number of alkyl halides is 3. The fraction of sp³-hybridized carbons (Fsp3) is 0.692. The Kier molecular flexibility index (Phi) is 9.82. The molecule has 37 heavy (non-hydrogen) atoms. The Labute approximate surface area is 215 Å². The first-order chi connectivity index (χ1) is 17.4. The second-order valence-corrected chi connectivity index (χ2v) is 10.5. The number of aliphatic hydroxyl groups is 1. The Morgan fingerprint density at radius 1 is 1.16 bits per heavy atom. The minimum absolute atomic E-state index is 0.0670. The highest BCUT2D eigenvalue weighted by Crippen LogP contribution is 2.42. The molecular weight excluding hydrogens is 493 g/mol. The number of aliphatic carboxylic acids is 1. The average Bonchev–Trinajstić information content (AvgIpc) is 3.22. The van der Waals surface area contributed by atoms with Gasteiger partial charge in [0, 0.05) is 26.2 Å². The zero-order valence-corrected chi connectivity index (χ0v) is 21.4. The number of hydrogen-bond acceptors (Lipinski definition) is 6. The van der Waals surface area contributed by atoms with Crippen LogP contribution >= 0.6 is 0 Å². The van der Waals surface area contributed by atoms with Gasteiger partial charge in [0.15, 0.2) is 6.61 Å². The van der Waals surface area contributed by atoms with E-state index in [1.807, 2.05) is 36.1 Å². The van der Waals surface area contributed by atoms with Crippen LogP contribution in [0.2, 0.25) is 0 Å². The Morgan fingerprint density at radius 2 is 1.78 bits per heavy atom. The number of nitrogens with zero attached hydrogens (tertiary/aromatic N) is 2. The summed E-state index contributed by atoms with van der Waals surface area (Å²) in [6, 6.07) is 7.80. The lowest BCUT2D eigenvalue weighted by Gasteiger charge is -2.39. The molecule has 3 heterocycles. The van der Waals surface area contributed by atoms with Crippen LogP contribution in [0.5, 0.6) is 5.75 Å². The molecule has 1 amide bonds. The highest BCUT2D eigenvalue weighted by molar-refractivity contribution is 5.77. The van der Waals surface area contributed by atoms with Gasteiger partial charge in [0.05, 0.1) is 18.8 Å². The summed E-state index contributed by atoms with van der Waals surface area (Å²) in [6.07, 6.45) is -0.931. The Morgan fingerprint density at radius 3 is 2.35 bits per heavy atom. The maximum absolute atomic E-state index is 12.6. The van der Waals surface area contributed by atoms with Crippen LogP contribution in [0, 0.1) is 18.3 Å². The molecule has 0 saturated carbocycles. The van der Waals surface area contributed by atoms with Gasteiger partial charge < -0.3 is 24.6 Å². The number of halogens is 3. The normalized spacial score (nSPS) is 25.9. The van der Waals surface area contributed by atoms with Gasteiger partial charge in [-0.2, -0.15) is 13.2 Å². The highest BCUT2D eigenvalue weighted by Gasteiger charge is 2.43. The third-order valence-electron chi connectivity index (χ3n) is 7.55. The fourth-order valence-electron chi connectivity index (χ4n) is 5.03. The van der Waals surface area contributed by atoms with E-state index in [0.717, 1.165) is 70.8 Å². The molecule has 1 unspecified atom stereocenters. The van der Waals surface area contributed by atoms with Crippen LogP contribution in [0.3, 0.4) is 0 Å². The smallest absolute Gasteiger partial charge is 0.484 e. The van der Waals surface area contributed by atoms with Gasteiger partial charge in [-0.25, -0.2) is 4.79 Å². The van der Waals surface area contributed by atoms with Crippen molar-refractivity contribution < 1.29 is 42.4 Å². The monoisotopic (exact) mass is 530 g/mol. The molecule has 3 aliphatic rings. The number of β-amino-alcohol motifs (C(OH)–C–C–N with tert-alkyl or cyclic N) is 1. The van der Waals surface area contributed by atoms with Crippen molar-refractivity contribution in [2.45, 2.75) is 57.9 Å². The first-order valence-electron chi connectivity index (χ1n) is 12.7. The van der Waals surface area contributed by atoms with Crippen LogP contribution in [-0.4, -0.2) is 96.2 Å². The van der Waals surface area contributed by atoms with Gasteiger partial charge in [0.1, 0.15) is 5.75 Å². The number of amides is 1. The number of carbonyl (C=O) groups is 2. The second kappa shape index (κ2) is 12.4. The fourth-order valence-corrected chi connectivity index (χ4v) is 5.03. The van der Waals surface area contributed by atoms with Crippen LogP contribution in [0.4, 0.5) is 13.2 Å². The molecular formula is C26H37F3N2O6. The topological polar surface area (TPSA) is 99.5 Å². The lowest BCUT2D eigenvalue weighted by molar-refractivity contribution is -0.192. The molecule has 1 aromatic rings. The summed E-state index contributed by atoms with van der Waals surface area (Å²) in [5, 5.41) is 17.3. The number of piperidine rings is 2. The van der Waals surface area contributed by atoms with E-state index in [-0.39, 0.29) is 30.1 Å². The molecule has 2 N–H and O–H groups in total. The van der Waals surface area contributed by atoms with Crippen molar-refractivity contribution in [3.63, 3.8) is 0 Å². The quantitative estimate of drug-likeness (QED) is 0.604. The summed E-state index contributed by atoms with van der Waals surface area (Å²) < 4.78 is 43.6. The maximum Gasteiger partial charge on any atom is 0.490 e. The number of hydrogen-bond donors (Lipinski definition) is 2. The number of carboxylic acid groups (broad SMARTS) is 1. The molecule has 3 saturated heterocycles. The number of carbonyl (C=O) groups excluding carboxylic acids is 1. The van der Waals surface area contributed by atoms with Crippen molar-refractivity contribution in [1.82, 2.24) is 9.80 Å². The number of carboxylic acids is 1. The van der Waals surface area contributed by atoms with E-state index in [2.05, 4.69) is 11.8 Å². The average molecular weight is 531 g/mol. The first-order valence-corrected chi connectivity index (χ1v) is 12.7. The van der Waals surface area contributed by atoms with E-state index >= 15 is 0 Å². The molecule has 4 rings (SSSR count). The van der Waals surface area contributed by atoms with Gasteiger partial charge in [-0.05, 0) is 62.6 Å². The van der Waals surface area contributed by atoms with E-state index in [9.17, 15) is 23.1 Å². The first kappa shape index (κ1) is 29.2. The molecule has 1 aromatic carbocycles. The van der Waals surface area contributed by atoms with E-state index < -0.39 is 12.1 Å². The summed E-state index contributed by atoms with van der Waals surface area (Å²) >= 11 is 0. The van der Waals surface area contributed by atoms with Crippen LogP contribution in [-0.2, 0) is 14.3 Å². The van der Waals surface area contributed by atoms with Crippen molar-refractivity contribution in [3.05, 3.63) is 29.8 Å². The molecule has 11 heteroatoms. The molecule has 1 spiro atoms. The van der Waals surface area contributed by atoms with Crippen LogP contribution in [0.15, 0.2) is 24.3 Å². The van der Waals surface area contributed by atoms with Crippen molar-refractivity contribution in [3.8, 4) is 5.75 Å². The molecule has 3 atom stereocenters. The molecule has 3 fully saturated rings. The summed E-state index contributed by atoms with van der Waals surface area (Å²) in [6.45, 7) is 9.36. The SMILES string of the molecule is Cc1ccc(OCC(=O)N2CCC3(CC2)COC(CN2CC[C@@H](C)[C@H](O)C2)C3)cc1.O=C(O)C(F)(F)F. The number of rotatable bonds is 5. The van der Waals surface area contributed by atoms with Gasteiger partial charge in [-0.1, -0.05) is 24.6 Å². The number of ether oxygens (including phenoxy) is 2. The van der Waals surface area contributed by atoms with Crippen LogP contribution in [0.25, 0.3) is 0 Å². The third kappa shape index (κ3) is 8.58. The Balaban J connectivity index is 0.000000479. The molecule has 0 aliphatic carbocycles. The van der Waals surface area contributed by atoms with Crippen molar-refractivity contribution >= 4 is 11.9 Å². The largest absolute Gasteiger partial charge is 0.490 e.